The molecular weight excluding hydrogens is 359 g/mol. The molecule has 2 aliphatic heterocycles. The van der Waals surface area contributed by atoms with Gasteiger partial charge in [0, 0.05) is 37.3 Å². The number of benzene rings is 1. The average Bonchev–Trinajstić information content (AvgIpc) is 3.05. The summed E-state index contributed by atoms with van der Waals surface area (Å²) in [6.07, 6.45) is 0.495. The number of carbonyl (C=O) groups is 1. The second-order valence-corrected chi connectivity index (χ2v) is 6.65. The van der Waals surface area contributed by atoms with Crippen molar-refractivity contribution in [1.82, 2.24) is 20.4 Å². The van der Waals surface area contributed by atoms with Gasteiger partial charge in [-0.1, -0.05) is 12.1 Å². The molecule has 1 fully saturated rings. The highest BCUT2D eigenvalue weighted by Gasteiger charge is 2.32. The van der Waals surface area contributed by atoms with Gasteiger partial charge in [-0.25, -0.2) is 4.39 Å². The van der Waals surface area contributed by atoms with Gasteiger partial charge in [0.1, 0.15) is 11.9 Å². The van der Waals surface area contributed by atoms with Crippen LogP contribution in [-0.2, 0) is 17.7 Å². The van der Waals surface area contributed by atoms with E-state index >= 15 is 0 Å². The van der Waals surface area contributed by atoms with Crippen LogP contribution in [0.4, 0.5) is 4.39 Å². The van der Waals surface area contributed by atoms with Crippen LogP contribution in [0.3, 0.4) is 0 Å². The minimum absolute atomic E-state index is 0. The molecule has 8 heteroatoms. The van der Waals surface area contributed by atoms with Crippen molar-refractivity contribution in [2.45, 2.75) is 32.1 Å². The number of nitrogens with zero attached hydrogens (tertiary/aromatic N) is 2. The topological polar surface area (TPSA) is 70.2 Å². The van der Waals surface area contributed by atoms with E-state index in [-0.39, 0.29) is 36.3 Å². The lowest BCUT2D eigenvalue weighted by molar-refractivity contribution is -0.0693. The van der Waals surface area contributed by atoms with Crippen molar-refractivity contribution < 1.29 is 13.9 Å². The molecule has 2 aliphatic rings. The maximum Gasteiger partial charge on any atom is 0.274 e. The number of aromatic nitrogens is 2. The highest BCUT2D eigenvalue weighted by Crippen LogP contribution is 2.27. The average molecular weight is 381 g/mol. The van der Waals surface area contributed by atoms with E-state index in [1.54, 1.807) is 17.0 Å². The van der Waals surface area contributed by atoms with Crippen molar-refractivity contribution in [2.24, 2.45) is 0 Å². The molecular formula is C18H22ClFN4O2. The second-order valence-electron chi connectivity index (χ2n) is 6.65. The van der Waals surface area contributed by atoms with Crippen molar-refractivity contribution in [3.63, 3.8) is 0 Å². The fourth-order valence-electron chi connectivity index (χ4n) is 3.53. The Morgan fingerprint density at radius 2 is 2.08 bits per heavy atom. The zero-order valence-electron chi connectivity index (χ0n) is 14.5. The quantitative estimate of drug-likeness (QED) is 0.838. The molecule has 2 N–H and O–H groups in total. The molecule has 140 valence electrons. The smallest absolute Gasteiger partial charge is 0.274 e. The van der Waals surface area contributed by atoms with E-state index in [2.05, 4.69) is 15.5 Å². The van der Waals surface area contributed by atoms with Gasteiger partial charge in [-0.3, -0.25) is 9.89 Å². The van der Waals surface area contributed by atoms with Crippen LogP contribution in [0.1, 0.15) is 40.3 Å². The number of ether oxygens (including phenoxy) is 1. The van der Waals surface area contributed by atoms with E-state index in [0.717, 1.165) is 29.8 Å². The number of halogens is 2. The molecule has 3 heterocycles. The van der Waals surface area contributed by atoms with Crippen LogP contribution in [0.2, 0.25) is 0 Å². The third kappa shape index (κ3) is 3.60. The Labute approximate surface area is 157 Å². The minimum atomic E-state index is -0.281. The van der Waals surface area contributed by atoms with Gasteiger partial charge in [-0.05, 0) is 24.6 Å². The lowest BCUT2D eigenvalue weighted by Crippen LogP contribution is -2.46. The van der Waals surface area contributed by atoms with Crippen molar-refractivity contribution >= 4 is 18.3 Å². The molecule has 2 unspecified atom stereocenters. The van der Waals surface area contributed by atoms with E-state index in [4.69, 9.17) is 4.74 Å². The monoisotopic (exact) mass is 380 g/mol. The minimum Gasteiger partial charge on any atom is -0.367 e. The van der Waals surface area contributed by atoms with Crippen LogP contribution < -0.4 is 5.32 Å². The van der Waals surface area contributed by atoms with Gasteiger partial charge in [0.2, 0.25) is 0 Å². The van der Waals surface area contributed by atoms with E-state index in [9.17, 15) is 9.18 Å². The lowest BCUT2D eigenvalue weighted by atomic mass is 10.0. The molecule has 1 aromatic carbocycles. The molecule has 2 atom stereocenters. The zero-order valence-corrected chi connectivity index (χ0v) is 15.3. The third-order valence-corrected chi connectivity index (χ3v) is 4.80. The molecule has 4 rings (SSSR count). The second kappa shape index (κ2) is 7.73. The number of carbonyl (C=O) groups excluding carboxylic acids is 1. The number of aromatic amines is 1. The molecule has 1 aromatic heterocycles. The molecule has 0 saturated carbocycles. The number of amides is 1. The molecule has 0 bridgehead atoms. The summed E-state index contributed by atoms with van der Waals surface area (Å²) in [5, 5.41) is 10.5. The first-order valence-electron chi connectivity index (χ1n) is 8.59. The van der Waals surface area contributed by atoms with E-state index < -0.39 is 0 Å². The van der Waals surface area contributed by atoms with E-state index in [0.29, 0.717) is 25.3 Å². The van der Waals surface area contributed by atoms with E-state index in [1.807, 2.05) is 6.92 Å². The number of nitrogens with one attached hydrogen (secondary N) is 2. The first-order valence-corrected chi connectivity index (χ1v) is 8.59. The van der Waals surface area contributed by atoms with Gasteiger partial charge in [0.05, 0.1) is 12.6 Å². The number of hydrogen-bond acceptors (Lipinski definition) is 4. The standard InChI is InChI=1S/C18H21FN4O2.ClH/c1-11-9-23(10-16(25-11)12-2-4-13(19)5-3-12)18(24)17-14-8-20-7-6-15(14)21-22-17;/h2-5,11,16,20H,6-10H2,1H3,(H,21,22);1H. The fourth-order valence-corrected chi connectivity index (χ4v) is 3.53. The van der Waals surface area contributed by atoms with Crippen molar-refractivity contribution in [2.75, 3.05) is 19.6 Å². The highest BCUT2D eigenvalue weighted by molar-refractivity contribution is 5.94. The molecule has 0 spiro atoms. The number of hydrogen-bond donors (Lipinski definition) is 2. The molecule has 0 aliphatic carbocycles. The Kier molecular flexibility index (Phi) is 5.60. The van der Waals surface area contributed by atoms with Crippen LogP contribution >= 0.6 is 12.4 Å². The number of H-pyrrole nitrogens is 1. The van der Waals surface area contributed by atoms with Crippen LogP contribution in [0, 0.1) is 5.82 Å². The Bertz CT molecular complexity index is 780. The molecule has 26 heavy (non-hydrogen) atoms. The largest absolute Gasteiger partial charge is 0.367 e. The van der Waals surface area contributed by atoms with Crippen molar-refractivity contribution in [3.8, 4) is 0 Å². The van der Waals surface area contributed by atoms with Crippen LogP contribution in [-0.4, -0.2) is 46.7 Å². The van der Waals surface area contributed by atoms with Gasteiger partial charge >= 0.3 is 0 Å². The van der Waals surface area contributed by atoms with Gasteiger partial charge in [0.15, 0.2) is 5.69 Å². The molecule has 1 saturated heterocycles. The summed E-state index contributed by atoms with van der Waals surface area (Å²) in [5.74, 6) is -0.361. The summed E-state index contributed by atoms with van der Waals surface area (Å²) in [6, 6.07) is 6.25. The normalized spacial score (nSPS) is 22.5. The molecule has 6 nitrogen and oxygen atoms in total. The number of morpholine rings is 1. The van der Waals surface area contributed by atoms with Crippen LogP contribution in [0.5, 0.6) is 0 Å². The fraction of sp³-hybridized carbons (Fsp3) is 0.444. The van der Waals surface area contributed by atoms with Crippen molar-refractivity contribution in [3.05, 3.63) is 52.6 Å². The first-order chi connectivity index (χ1) is 12.1. The van der Waals surface area contributed by atoms with Gasteiger partial charge in [-0.2, -0.15) is 5.10 Å². The number of rotatable bonds is 2. The highest BCUT2D eigenvalue weighted by atomic mass is 35.5. The molecule has 2 aromatic rings. The Balaban J connectivity index is 0.00000196. The third-order valence-electron chi connectivity index (χ3n) is 4.80. The van der Waals surface area contributed by atoms with Crippen LogP contribution in [0.15, 0.2) is 24.3 Å². The predicted molar refractivity (Wildman–Crippen MR) is 96.8 cm³/mol. The zero-order chi connectivity index (χ0) is 17.4. The predicted octanol–water partition coefficient (Wildman–Crippen LogP) is 2.22. The molecule has 1 amide bonds. The first kappa shape index (κ1) is 18.8. The maximum atomic E-state index is 13.2. The Morgan fingerprint density at radius 3 is 2.85 bits per heavy atom. The van der Waals surface area contributed by atoms with Gasteiger partial charge in [0.25, 0.3) is 5.91 Å². The SMILES string of the molecule is CC1CN(C(=O)c2n[nH]c3c2CNCC3)CC(c2ccc(F)cc2)O1.Cl. The van der Waals surface area contributed by atoms with Crippen molar-refractivity contribution in [1.29, 1.82) is 0 Å². The maximum absolute atomic E-state index is 13.2. The molecule has 0 radical (unpaired) electrons. The summed E-state index contributed by atoms with van der Waals surface area (Å²) < 4.78 is 19.1. The lowest BCUT2D eigenvalue weighted by Gasteiger charge is -2.37. The summed E-state index contributed by atoms with van der Waals surface area (Å²) in [5.41, 5.74) is 3.37. The van der Waals surface area contributed by atoms with E-state index in [1.165, 1.54) is 12.1 Å². The van der Waals surface area contributed by atoms with Crippen LogP contribution in [0.25, 0.3) is 0 Å². The summed E-state index contributed by atoms with van der Waals surface area (Å²) >= 11 is 0. The summed E-state index contributed by atoms with van der Waals surface area (Å²) in [4.78, 5) is 14.8. The summed E-state index contributed by atoms with van der Waals surface area (Å²) in [7, 11) is 0. The Hall–Kier alpha value is -1.96. The Morgan fingerprint density at radius 1 is 1.31 bits per heavy atom. The number of fused-ring (bicyclic) bond motifs is 1. The van der Waals surface area contributed by atoms with Gasteiger partial charge in [-0.15, -0.1) is 12.4 Å². The van der Waals surface area contributed by atoms with Gasteiger partial charge < -0.3 is 15.0 Å². The summed E-state index contributed by atoms with van der Waals surface area (Å²) in [6.45, 7) is 4.45.